The van der Waals surface area contributed by atoms with Crippen LogP contribution in [0.2, 0.25) is 0 Å². The van der Waals surface area contributed by atoms with Gasteiger partial charge in [0.15, 0.2) is 0 Å². The molecule has 1 aliphatic rings. The second kappa shape index (κ2) is 7.31. The Morgan fingerprint density at radius 2 is 2.24 bits per heavy atom. The zero-order chi connectivity index (χ0) is 17.9. The molecule has 0 spiro atoms. The summed E-state index contributed by atoms with van der Waals surface area (Å²) in [4.78, 5) is 23.2. The van der Waals surface area contributed by atoms with Gasteiger partial charge < -0.3 is 9.64 Å². The molecule has 0 aromatic carbocycles. The lowest BCUT2D eigenvalue weighted by Gasteiger charge is -2.35. The van der Waals surface area contributed by atoms with Gasteiger partial charge in [0, 0.05) is 36.2 Å². The third-order valence-electron chi connectivity index (χ3n) is 4.44. The summed E-state index contributed by atoms with van der Waals surface area (Å²) in [6.07, 6.45) is 6.67. The Labute approximate surface area is 147 Å². The predicted octanol–water partition coefficient (Wildman–Crippen LogP) is 1.97. The van der Waals surface area contributed by atoms with E-state index in [0.717, 1.165) is 24.2 Å². The van der Waals surface area contributed by atoms with Gasteiger partial charge in [0.25, 0.3) is 5.91 Å². The Balaban J connectivity index is 1.69. The molecule has 2 aromatic rings. The van der Waals surface area contributed by atoms with E-state index in [1.807, 2.05) is 11.0 Å². The van der Waals surface area contributed by atoms with Crippen molar-refractivity contribution in [1.29, 1.82) is 0 Å². The molecular weight excluding hydrogens is 318 g/mol. The summed E-state index contributed by atoms with van der Waals surface area (Å²) in [6, 6.07) is 1.88. The first-order chi connectivity index (χ1) is 11.9. The maximum atomic E-state index is 12.9. The molecule has 1 amide bonds. The van der Waals surface area contributed by atoms with Gasteiger partial charge in [-0.2, -0.15) is 5.10 Å². The average Bonchev–Trinajstić information content (AvgIpc) is 3.11. The number of nitrogens with zero attached hydrogens (tertiary/aromatic N) is 4. The molecule has 1 aliphatic heterocycles. The molecule has 134 valence electrons. The van der Waals surface area contributed by atoms with Crippen LogP contribution in [-0.2, 0) is 16.6 Å². The van der Waals surface area contributed by atoms with E-state index in [0.29, 0.717) is 25.5 Å². The number of carbonyl (C=O) groups is 1. The number of aromatic nitrogens is 4. The standard InChI is InChI=1S/C18H25N5O2/c1-18(2,3)16-10-15(21-22-16)17(24)23-8-9-25-12-14(23)5-4-13-11-19-6-7-20-13/h6-7,10-11,14H,4-5,8-9,12H2,1-3H3,(H,21,22)/t14-/m0/s1. The highest BCUT2D eigenvalue weighted by molar-refractivity contribution is 5.92. The maximum Gasteiger partial charge on any atom is 0.274 e. The van der Waals surface area contributed by atoms with Gasteiger partial charge in [0.2, 0.25) is 0 Å². The van der Waals surface area contributed by atoms with Crippen molar-refractivity contribution in [2.75, 3.05) is 19.8 Å². The van der Waals surface area contributed by atoms with Gasteiger partial charge in [-0.1, -0.05) is 20.8 Å². The number of amides is 1. The topological polar surface area (TPSA) is 84.0 Å². The number of H-pyrrole nitrogens is 1. The summed E-state index contributed by atoms with van der Waals surface area (Å²) in [6.45, 7) is 7.96. The summed E-state index contributed by atoms with van der Waals surface area (Å²) in [5, 5.41) is 7.22. The molecule has 1 N–H and O–H groups in total. The zero-order valence-corrected chi connectivity index (χ0v) is 15.0. The fraction of sp³-hybridized carbons (Fsp3) is 0.556. The number of hydrogen-bond donors (Lipinski definition) is 1. The number of rotatable bonds is 4. The van der Waals surface area contributed by atoms with Gasteiger partial charge >= 0.3 is 0 Å². The van der Waals surface area contributed by atoms with Crippen LogP contribution in [0.3, 0.4) is 0 Å². The smallest absolute Gasteiger partial charge is 0.274 e. The van der Waals surface area contributed by atoms with Crippen LogP contribution in [-0.4, -0.2) is 56.8 Å². The highest BCUT2D eigenvalue weighted by atomic mass is 16.5. The van der Waals surface area contributed by atoms with Crippen LogP contribution in [0.4, 0.5) is 0 Å². The van der Waals surface area contributed by atoms with Gasteiger partial charge in [0.05, 0.1) is 24.9 Å². The van der Waals surface area contributed by atoms with Crippen molar-refractivity contribution in [3.8, 4) is 0 Å². The van der Waals surface area contributed by atoms with Crippen LogP contribution in [0.1, 0.15) is 49.1 Å². The van der Waals surface area contributed by atoms with Crippen LogP contribution < -0.4 is 0 Å². The van der Waals surface area contributed by atoms with E-state index in [-0.39, 0.29) is 17.4 Å². The number of morpholine rings is 1. The van der Waals surface area contributed by atoms with E-state index in [4.69, 9.17) is 4.74 Å². The first-order valence-electron chi connectivity index (χ1n) is 8.64. The lowest BCUT2D eigenvalue weighted by atomic mass is 9.92. The van der Waals surface area contributed by atoms with E-state index in [1.165, 1.54) is 0 Å². The first kappa shape index (κ1) is 17.5. The Bertz CT molecular complexity index is 708. The molecular formula is C18H25N5O2. The molecule has 0 saturated carbocycles. The van der Waals surface area contributed by atoms with Gasteiger partial charge in [0.1, 0.15) is 5.69 Å². The van der Waals surface area contributed by atoms with Crippen molar-refractivity contribution in [3.05, 3.63) is 41.7 Å². The predicted molar refractivity (Wildman–Crippen MR) is 93.3 cm³/mol. The molecule has 3 heterocycles. The molecule has 0 bridgehead atoms. The van der Waals surface area contributed by atoms with Crippen molar-refractivity contribution in [2.45, 2.75) is 45.1 Å². The highest BCUT2D eigenvalue weighted by Crippen LogP contribution is 2.22. The minimum Gasteiger partial charge on any atom is -0.377 e. The van der Waals surface area contributed by atoms with E-state index in [9.17, 15) is 4.79 Å². The first-order valence-corrected chi connectivity index (χ1v) is 8.64. The molecule has 0 radical (unpaired) electrons. The fourth-order valence-electron chi connectivity index (χ4n) is 2.90. The molecule has 1 saturated heterocycles. The number of nitrogens with one attached hydrogen (secondary N) is 1. The molecule has 25 heavy (non-hydrogen) atoms. The third kappa shape index (κ3) is 4.22. The average molecular weight is 343 g/mol. The Morgan fingerprint density at radius 3 is 2.92 bits per heavy atom. The summed E-state index contributed by atoms with van der Waals surface area (Å²) < 4.78 is 5.59. The van der Waals surface area contributed by atoms with Crippen LogP contribution in [0.25, 0.3) is 0 Å². The Kier molecular flexibility index (Phi) is 5.13. The van der Waals surface area contributed by atoms with Crippen LogP contribution >= 0.6 is 0 Å². The number of carbonyl (C=O) groups excluding carboxylic acids is 1. The molecule has 7 nitrogen and oxygen atoms in total. The second-order valence-corrected chi connectivity index (χ2v) is 7.38. The lowest BCUT2D eigenvalue weighted by molar-refractivity contribution is -0.00443. The molecule has 0 unspecified atom stereocenters. The van der Waals surface area contributed by atoms with E-state index in [2.05, 4.69) is 40.9 Å². The Hall–Kier alpha value is -2.28. The van der Waals surface area contributed by atoms with Gasteiger partial charge in [-0.3, -0.25) is 19.9 Å². The summed E-state index contributed by atoms with van der Waals surface area (Å²) in [5.74, 6) is -0.0424. The van der Waals surface area contributed by atoms with Crippen molar-refractivity contribution in [2.24, 2.45) is 0 Å². The van der Waals surface area contributed by atoms with Crippen LogP contribution in [0.15, 0.2) is 24.7 Å². The molecule has 3 rings (SSSR count). The van der Waals surface area contributed by atoms with Gasteiger partial charge in [-0.25, -0.2) is 0 Å². The fourth-order valence-corrected chi connectivity index (χ4v) is 2.90. The minimum absolute atomic E-state index is 0.0260. The largest absolute Gasteiger partial charge is 0.377 e. The SMILES string of the molecule is CC(C)(C)c1cc(C(=O)N2CCOC[C@@H]2CCc2cnccn2)n[nH]1. The number of ether oxygens (including phenoxy) is 1. The maximum absolute atomic E-state index is 12.9. The third-order valence-corrected chi connectivity index (χ3v) is 4.44. The molecule has 0 aliphatic carbocycles. The van der Waals surface area contributed by atoms with Crippen molar-refractivity contribution in [3.63, 3.8) is 0 Å². The summed E-state index contributed by atoms with van der Waals surface area (Å²) in [5.41, 5.74) is 2.29. The zero-order valence-electron chi connectivity index (χ0n) is 15.0. The van der Waals surface area contributed by atoms with Gasteiger partial charge in [-0.15, -0.1) is 0 Å². The normalized spacial score (nSPS) is 18.4. The lowest BCUT2D eigenvalue weighted by Crippen LogP contribution is -2.49. The summed E-state index contributed by atoms with van der Waals surface area (Å²) >= 11 is 0. The Morgan fingerprint density at radius 1 is 1.40 bits per heavy atom. The van der Waals surface area contributed by atoms with E-state index >= 15 is 0 Å². The quantitative estimate of drug-likeness (QED) is 0.917. The van der Waals surface area contributed by atoms with Crippen molar-refractivity contribution >= 4 is 5.91 Å². The van der Waals surface area contributed by atoms with E-state index < -0.39 is 0 Å². The molecule has 1 fully saturated rings. The number of aryl methyl sites for hydroxylation is 1. The molecule has 1 atom stereocenters. The monoisotopic (exact) mass is 343 g/mol. The van der Waals surface area contributed by atoms with Gasteiger partial charge in [-0.05, 0) is 18.9 Å². The minimum atomic E-state index is -0.0675. The molecule has 7 heteroatoms. The van der Waals surface area contributed by atoms with Crippen molar-refractivity contribution < 1.29 is 9.53 Å². The van der Waals surface area contributed by atoms with Crippen LogP contribution in [0, 0.1) is 0 Å². The molecule has 2 aromatic heterocycles. The summed E-state index contributed by atoms with van der Waals surface area (Å²) in [7, 11) is 0. The highest BCUT2D eigenvalue weighted by Gasteiger charge is 2.30. The number of aromatic amines is 1. The van der Waals surface area contributed by atoms with E-state index in [1.54, 1.807) is 18.6 Å². The van der Waals surface area contributed by atoms with Crippen molar-refractivity contribution in [1.82, 2.24) is 25.1 Å². The second-order valence-electron chi connectivity index (χ2n) is 7.38. The number of hydrogen-bond acceptors (Lipinski definition) is 5. The van der Waals surface area contributed by atoms with Crippen LogP contribution in [0.5, 0.6) is 0 Å².